The fraction of sp³-hybridized carbons (Fsp3) is 0.708. The molecule has 61 heavy (non-hydrogen) atoms. The minimum Gasteiger partial charge on any atom is -0.462 e. The Morgan fingerprint density at radius 3 is 1.51 bits per heavy atom. The van der Waals surface area contributed by atoms with Crippen LogP contribution in [0.4, 0.5) is 0 Å². The second-order valence-electron chi connectivity index (χ2n) is 15.7. The van der Waals surface area contributed by atoms with E-state index in [4.69, 9.17) is 18.9 Å². The van der Waals surface area contributed by atoms with Gasteiger partial charge >= 0.3 is 11.9 Å². The molecule has 0 aromatic carbocycles. The molecule has 6 atom stereocenters. The van der Waals surface area contributed by atoms with Gasteiger partial charge in [-0.25, -0.2) is 0 Å². The van der Waals surface area contributed by atoms with E-state index in [-0.39, 0.29) is 19.4 Å². The average molecular weight is 881 g/mol. The van der Waals surface area contributed by atoms with Crippen LogP contribution in [-0.2, 0) is 38.7 Å². The number of carbonyl (C=O) groups is 2. The molecule has 1 rings (SSSR count). The first-order valence-corrected chi connectivity index (χ1v) is 24.6. The molecule has 0 bridgehead atoms. The maximum absolute atomic E-state index is 12.8. The summed E-state index contributed by atoms with van der Waals surface area (Å²) >= 11 is 0. The Kier molecular flexibility index (Phi) is 34.6. The molecule has 12 nitrogen and oxygen atoms in total. The predicted octanol–water partition coefficient (Wildman–Crippen LogP) is 9.50. The lowest BCUT2D eigenvalue weighted by atomic mass is 10.00. The van der Waals surface area contributed by atoms with E-state index in [1.807, 2.05) is 18.2 Å². The number of rotatable bonds is 37. The third-order valence-corrected chi connectivity index (χ3v) is 10.8. The molecule has 13 heteroatoms. The molecule has 0 aromatic heterocycles. The highest BCUT2D eigenvalue weighted by Crippen LogP contribution is 2.24. The lowest BCUT2D eigenvalue weighted by Gasteiger charge is -2.40. The van der Waals surface area contributed by atoms with Crippen LogP contribution in [0.25, 0.3) is 0 Å². The fourth-order valence-corrected chi connectivity index (χ4v) is 7.22. The minimum absolute atomic E-state index is 0.0373. The summed E-state index contributed by atoms with van der Waals surface area (Å²) in [5, 5.41) is 30.9. The Morgan fingerprint density at radius 1 is 0.574 bits per heavy atom. The van der Waals surface area contributed by atoms with Crippen LogP contribution in [0.5, 0.6) is 0 Å². The van der Waals surface area contributed by atoms with E-state index in [0.29, 0.717) is 19.3 Å². The minimum atomic E-state index is -4.61. The molecule has 1 saturated heterocycles. The van der Waals surface area contributed by atoms with Crippen molar-refractivity contribution in [3.63, 3.8) is 0 Å². The SMILES string of the molecule is CC/C=C\C/C=C\C/C=C\C/C=C\C/C=C\C/C=C\CCC(=O)OC(COC(=O)CCCCCCCCCCCCCCCC)COC1OC(CS(=O)(=O)O)C(O)C(O)C1O. The number of allylic oxidation sites excluding steroid dienone is 12. The third-order valence-electron chi connectivity index (χ3n) is 10.1. The molecule has 1 fully saturated rings. The maximum atomic E-state index is 12.8. The molecule has 0 aromatic rings. The first-order chi connectivity index (χ1) is 29.5. The third kappa shape index (κ3) is 32.4. The topological polar surface area (TPSA) is 186 Å². The van der Waals surface area contributed by atoms with Crippen LogP contribution < -0.4 is 0 Å². The Balaban J connectivity index is 2.50. The van der Waals surface area contributed by atoms with E-state index >= 15 is 0 Å². The van der Waals surface area contributed by atoms with Gasteiger partial charge < -0.3 is 34.3 Å². The van der Waals surface area contributed by atoms with Crippen molar-refractivity contribution in [1.82, 2.24) is 0 Å². The molecule has 1 aliphatic heterocycles. The summed E-state index contributed by atoms with van der Waals surface area (Å²) in [5.41, 5.74) is 0. The molecular formula is C48H80O12S. The second kappa shape index (κ2) is 37.6. The summed E-state index contributed by atoms with van der Waals surface area (Å²) < 4.78 is 54.0. The Bertz CT molecular complexity index is 1400. The number of ether oxygens (including phenoxy) is 4. The number of aliphatic hydroxyl groups excluding tert-OH is 3. The van der Waals surface area contributed by atoms with Crippen molar-refractivity contribution < 1.29 is 56.8 Å². The average Bonchev–Trinajstić information content (AvgIpc) is 3.22. The van der Waals surface area contributed by atoms with Gasteiger partial charge in [0.15, 0.2) is 12.4 Å². The monoisotopic (exact) mass is 881 g/mol. The van der Waals surface area contributed by atoms with Crippen LogP contribution >= 0.6 is 0 Å². The van der Waals surface area contributed by atoms with Crippen molar-refractivity contribution in [2.45, 2.75) is 198 Å². The number of unbranched alkanes of at least 4 members (excludes halogenated alkanes) is 13. The predicted molar refractivity (Wildman–Crippen MR) is 242 cm³/mol. The van der Waals surface area contributed by atoms with Crippen molar-refractivity contribution in [3.8, 4) is 0 Å². The van der Waals surface area contributed by atoms with Crippen molar-refractivity contribution in [3.05, 3.63) is 72.9 Å². The van der Waals surface area contributed by atoms with Crippen LogP contribution in [0, 0.1) is 0 Å². The zero-order valence-corrected chi connectivity index (χ0v) is 38.1. The van der Waals surface area contributed by atoms with Crippen molar-refractivity contribution in [2.24, 2.45) is 0 Å². The number of hydrogen-bond donors (Lipinski definition) is 4. The van der Waals surface area contributed by atoms with Gasteiger partial charge in [0.25, 0.3) is 10.1 Å². The van der Waals surface area contributed by atoms with E-state index in [1.54, 1.807) is 0 Å². The van der Waals surface area contributed by atoms with E-state index in [9.17, 15) is 37.9 Å². The van der Waals surface area contributed by atoms with Crippen LogP contribution in [0.1, 0.15) is 162 Å². The van der Waals surface area contributed by atoms with Gasteiger partial charge in [0.2, 0.25) is 0 Å². The highest BCUT2D eigenvalue weighted by Gasteiger charge is 2.46. The van der Waals surface area contributed by atoms with Crippen molar-refractivity contribution in [1.29, 1.82) is 0 Å². The van der Waals surface area contributed by atoms with E-state index < -0.39 is 71.2 Å². The molecule has 0 radical (unpaired) electrons. The van der Waals surface area contributed by atoms with Gasteiger partial charge in [0.1, 0.15) is 36.8 Å². The van der Waals surface area contributed by atoms with Gasteiger partial charge in [0, 0.05) is 12.8 Å². The molecule has 6 unspecified atom stereocenters. The van der Waals surface area contributed by atoms with Crippen LogP contribution in [0.2, 0.25) is 0 Å². The summed E-state index contributed by atoms with van der Waals surface area (Å²) in [6.07, 6.45) is 38.1. The van der Waals surface area contributed by atoms with Gasteiger partial charge in [-0.2, -0.15) is 8.42 Å². The van der Waals surface area contributed by atoms with E-state index in [0.717, 1.165) is 51.4 Å². The molecule has 0 saturated carbocycles. The lowest BCUT2D eigenvalue weighted by molar-refractivity contribution is -0.297. The molecule has 1 aliphatic rings. The van der Waals surface area contributed by atoms with Gasteiger partial charge in [0.05, 0.1) is 6.61 Å². The Labute approximate surface area is 368 Å². The maximum Gasteiger partial charge on any atom is 0.306 e. The molecular weight excluding hydrogens is 801 g/mol. The zero-order valence-electron chi connectivity index (χ0n) is 37.2. The fourth-order valence-electron chi connectivity index (χ4n) is 6.53. The molecule has 1 heterocycles. The summed E-state index contributed by atoms with van der Waals surface area (Å²) in [6, 6.07) is 0. The van der Waals surface area contributed by atoms with Crippen molar-refractivity contribution >= 4 is 22.1 Å². The van der Waals surface area contributed by atoms with Gasteiger partial charge in [-0.05, 0) is 51.4 Å². The number of hydrogen-bond acceptors (Lipinski definition) is 11. The van der Waals surface area contributed by atoms with Crippen LogP contribution in [0.15, 0.2) is 72.9 Å². The number of esters is 2. The quantitative estimate of drug-likeness (QED) is 0.0201. The normalized spacial score (nSPS) is 20.7. The van der Waals surface area contributed by atoms with Crippen LogP contribution in [0.3, 0.4) is 0 Å². The highest BCUT2D eigenvalue weighted by molar-refractivity contribution is 7.85. The summed E-state index contributed by atoms with van der Waals surface area (Å²) in [6.45, 7) is 3.58. The first kappa shape index (κ1) is 56.1. The lowest BCUT2D eigenvalue weighted by Crippen LogP contribution is -2.60. The summed E-state index contributed by atoms with van der Waals surface area (Å²) in [7, 11) is -4.61. The van der Waals surface area contributed by atoms with Gasteiger partial charge in [-0.15, -0.1) is 0 Å². The summed E-state index contributed by atoms with van der Waals surface area (Å²) in [4.78, 5) is 25.4. The number of carbonyl (C=O) groups excluding carboxylic acids is 2. The largest absolute Gasteiger partial charge is 0.462 e. The van der Waals surface area contributed by atoms with Crippen LogP contribution in [-0.4, -0.2) is 96.0 Å². The second-order valence-corrected chi connectivity index (χ2v) is 17.2. The first-order valence-electron chi connectivity index (χ1n) is 23.0. The smallest absolute Gasteiger partial charge is 0.306 e. The zero-order chi connectivity index (χ0) is 44.8. The molecule has 0 aliphatic carbocycles. The number of aliphatic hydroxyl groups is 3. The molecule has 350 valence electrons. The van der Waals surface area contributed by atoms with E-state index in [2.05, 4.69) is 68.5 Å². The van der Waals surface area contributed by atoms with Gasteiger partial charge in [-0.1, -0.05) is 170 Å². The Morgan fingerprint density at radius 2 is 1.03 bits per heavy atom. The molecule has 0 spiro atoms. The summed E-state index contributed by atoms with van der Waals surface area (Å²) in [5.74, 6) is -2.10. The van der Waals surface area contributed by atoms with Crippen molar-refractivity contribution in [2.75, 3.05) is 19.0 Å². The highest BCUT2D eigenvalue weighted by atomic mass is 32.2. The van der Waals surface area contributed by atoms with Gasteiger partial charge in [-0.3, -0.25) is 14.1 Å². The van der Waals surface area contributed by atoms with E-state index in [1.165, 1.54) is 64.2 Å². The molecule has 4 N–H and O–H groups in total. The molecule has 0 amide bonds. The standard InChI is InChI=1S/C48H80O12S/c1-3-5-7-9-11-13-15-17-19-20-21-22-23-25-27-29-31-33-35-37-44(50)59-41(39-58-48-47(53)46(52)45(51)42(60-48)40-61(54,55)56)38-57-43(49)36-34-32-30-28-26-24-18-16-14-12-10-8-6-4-2/h5,7,11,13,17,19,21-22,25,27,31,33,41-42,45-48,51-53H,3-4,6,8-10,12,14-16,18,20,23-24,26,28-30,32,34-40H2,1-2H3,(H,54,55,56)/b7-5-,13-11-,19-17-,22-21-,27-25-,33-31-. The Hall–Kier alpha value is -2.91.